The maximum atomic E-state index is 14.5. The molecule has 330 valence electrons. The Labute approximate surface area is 353 Å². The average Bonchev–Trinajstić information content (AvgIpc) is 3.13. The number of unbranched alkanes of at least 4 members (excludes halogenated alkanes) is 1. The maximum Gasteiger partial charge on any atom is 0.310 e. The largest absolute Gasteiger partial charge is 0.465 e. The van der Waals surface area contributed by atoms with Crippen LogP contribution in [-0.4, -0.2) is 64.2 Å². The summed E-state index contributed by atoms with van der Waals surface area (Å²) in [6, 6.07) is 6.94. The molecular weight excluding hydrogens is 747 g/mol. The smallest absolute Gasteiger partial charge is 0.310 e. The monoisotopic (exact) mass is 828 g/mol. The van der Waals surface area contributed by atoms with E-state index in [1.54, 1.807) is 19.2 Å². The zero-order valence-electron chi connectivity index (χ0n) is 39.0. The van der Waals surface area contributed by atoms with E-state index in [1.165, 1.54) is 5.57 Å². The summed E-state index contributed by atoms with van der Waals surface area (Å²) in [6.45, 7) is 31.4. The minimum absolute atomic E-state index is 0.0173. The van der Waals surface area contributed by atoms with E-state index in [0.29, 0.717) is 24.9 Å². The minimum Gasteiger partial charge on any atom is -0.465 e. The summed E-state index contributed by atoms with van der Waals surface area (Å²) in [5, 5.41) is 11.8. The van der Waals surface area contributed by atoms with Crippen molar-refractivity contribution in [3.05, 3.63) is 41.5 Å². The summed E-state index contributed by atoms with van der Waals surface area (Å²) < 4.78 is 50.3. The quantitative estimate of drug-likeness (QED) is 0.109. The highest BCUT2D eigenvalue weighted by atomic mass is 32.2. The predicted octanol–water partition coefficient (Wildman–Crippen LogP) is 10.3. The third-order valence-corrected chi connectivity index (χ3v) is 19.3. The summed E-state index contributed by atoms with van der Waals surface area (Å²) in [5.41, 5.74) is -0.708. The van der Waals surface area contributed by atoms with Gasteiger partial charge in [-0.1, -0.05) is 119 Å². The van der Waals surface area contributed by atoms with Gasteiger partial charge >= 0.3 is 5.97 Å². The number of aryl methyl sites for hydroxylation is 1. The molecule has 0 aromatic heterocycles. The van der Waals surface area contributed by atoms with Gasteiger partial charge in [0.1, 0.15) is 0 Å². The van der Waals surface area contributed by atoms with Crippen LogP contribution in [0.5, 0.6) is 0 Å². The fourth-order valence-electron chi connectivity index (χ4n) is 12.8. The zero-order chi connectivity index (χ0) is 43.5. The molecule has 0 radical (unpaired) electrons. The second-order valence-corrected chi connectivity index (χ2v) is 23.9. The van der Waals surface area contributed by atoms with Crippen molar-refractivity contribution >= 4 is 16.0 Å². The van der Waals surface area contributed by atoms with Crippen molar-refractivity contribution in [1.29, 1.82) is 0 Å². The zero-order valence-corrected chi connectivity index (χ0v) is 39.8. The number of allylic oxidation sites excluding steroid dienone is 1. The van der Waals surface area contributed by atoms with E-state index in [-0.39, 0.29) is 70.3 Å². The first-order chi connectivity index (χ1) is 26.8. The van der Waals surface area contributed by atoms with Gasteiger partial charge < -0.3 is 19.3 Å². The van der Waals surface area contributed by atoms with Crippen LogP contribution < -0.4 is 4.72 Å². The van der Waals surface area contributed by atoms with E-state index in [2.05, 4.69) is 73.1 Å². The van der Waals surface area contributed by atoms with Crippen LogP contribution in [0.3, 0.4) is 0 Å². The molecule has 4 aliphatic carbocycles. The highest BCUT2D eigenvalue weighted by Gasteiger charge is 2.70. The Bertz CT molecular complexity index is 1760. The van der Waals surface area contributed by atoms with E-state index in [4.69, 9.17) is 14.2 Å². The van der Waals surface area contributed by atoms with Gasteiger partial charge in [0.25, 0.3) is 0 Å². The second kappa shape index (κ2) is 16.5. The van der Waals surface area contributed by atoms with Gasteiger partial charge in [0.15, 0.2) is 0 Å². The topological polar surface area (TPSA) is 111 Å². The molecule has 4 aliphatic rings. The molecule has 9 heteroatoms. The standard InChI is InChI=1S/C49H81NO7S/c1-16-17-28-56-42(52)40-45(11,34(5)32(2)3)26-27-46(12)36-22-23-39-44(9,10)41(38(55-15)29-49(39,30-51)37(36)24-25-47(40,46)13)57-31-48(14,43(6,7)8)50-58(53,54)35-20-18-33(4)19-21-35/h18-21,24,32,34,36,38-41,50-51H,16-17,22-23,25-31H2,1-15H3/t34-,36+,38-,39+,40-,41+,45-,46-,47+,48-,49+/m1/s1. The molecule has 0 heterocycles. The van der Waals surface area contributed by atoms with Crippen molar-refractivity contribution in [2.45, 2.75) is 171 Å². The van der Waals surface area contributed by atoms with E-state index in [0.717, 1.165) is 50.5 Å². The number of nitrogens with one attached hydrogen (secondary N) is 1. The van der Waals surface area contributed by atoms with Crippen LogP contribution in [0.1, 0.15) is 147 Å². The predicted molar refractivity (Wildman–Crippen MR) is 234 cm³/mol. The van der Waals surface area contributed by atoms with Crippen LogP contribution >= 0.6 is 0 Å². The number of carbonyl (C=O) groups is 1. The number of aliphatic hydroxyl groups excluding tert-OH is 1. The summed E-state index contributed by atoms with van der Waals surface area (Å²) in [7, 11) is -2.11. The SMILES string of the molecule is CCCCOC(=O)[C@@H]1[C@@](C)([C@H](C)C(C)C)CC[C@]2(C)[C@H]3CC[C@H]4C(C)(C)[C@@H](OC[C@@](C)(NS(=O)(=O)c5ccc(C)cc5)C(C)(C)C)[C@H](OC)C[C@]4(CO)C3=CC[C@@]12C. The third kappa shape index (κ3) is 7.70. The third-order valence-electron chi connectivity index (χ3n) is 17.7. The Balaban J connectivity index is 1.50. The second-order valence-electron chi connectivity index (χ2n) is 22.2. The van der Waals surface area contributed by atoms with Crippen LogP contribution in [0, 0.1) is 69.0 Å². The molecule has 11 atom stereocenters. The normalized spacial score (nSPS) is 36.5. The van der Waals surface area contributed by atoms with Gasteiger partial charge in [-0.25, -0.2) is 13.1 Å². The first-order valence-corrected chi connectivity index (χ1v) is 24.0. The Kier molecular flexibility index (Phi) is 13.4. The van der Waals surface area contributed by atoms with E-state index in [9.17, 15) is 18.3 Å². The van der Waals surface area contributed by atoms with Gasteiger partial charge in [0.2, 0.25) is 10.0 Å². The van der Waals surface area contributed by atoms with Gasteiger partial charge in [0.05, 0.1) is 48.4 Å². The highest BCUT2D eigenvalue weighted by Crippen LogP contribution is 2.74. The number of aliphatic hydroxyl groups is 1. The number of carbonyl (C=O) groups excluding carboxylic acids is 1. The van der Waals surface area contributed by atoms with Crippen molar-refractivity contribution in [2.24, 2.45) is 62.1 Å². The number of esters is 1. The number of benzene rings is 1. The molecule has 0 amide bonds. The lowest BCUT2D eigenvalue weighted by molar-refractivity contribution is -0.225. The summed E-state index contributed by atoms with van der Waals surface area (Å²) >= 11 is 0. The van der Waals surface area contributed by atoms with E-state index < -0.39 is 31.8 Å². The van der Waals surface area contributed by atoms with Crippen molar-refractivity contribution in [3.63, 3.8) is 0 Å². The lowest BCUT2D eigenvalue weighted by atomic mass is 9.34. The Hall–Kier alpha value is -1.78. The first-order valence-electron chi connectivity index (χ1n) is 22.5. The Morgan fingerprint density at radius 3 is 2.17 bits per heavy atom. The Morgan fingerprint density at radius 1 is 0.983 bits per heavy atom. The van der Waals surface area contributed by atoms with Gasteiger partial charge in [-0.2, -0.15) is 0 Å². The molecule has 0 aliphatic heterocycles. The summed E-state index contributed by atoms with van der Waals surface area (Å²) in [6.07, 6.45) is 8.89. The lowest BCUT2D eigenvalue weighted by Crippen LogP contribution is -2.67. The van der Waals surface area contributed by atoms with Crippen LogP contribution in [0.25, 0.3) is 0 Å². The minimum atomic E-state index is -3.85. The summed E-state index contributed by atoms with van der Waals surface area (Å²) in [4.78, 5) is 14.8. The molecule has 3 saturated carbocycles. The van der Waals surface area contributed by atoms with Gasteiger partial charge in [0, 0.05) is 12.5 Å². The van der Waals surface area contributed by atoms with Crippen molar-refractivity contribution < 1.29 is 32.5 Å². The molecule has 8 nitrogen and oxygen atoms in total. The number of fused-ring (bicyclic) bond motifs is 5. The highest BCUT2D eigenvalue weighted by molar-refractivity contribution is 7.89. The molecule has 0 saturated heterocycles. The number of ether oxygens (including phenoxy) is 3. The number of sulfonamides is 1. The fourth-order valence-corrected chi connectivity index (χ4v) is 14.3. The molecule has 2 N–H and O–H groups in total. The van der Waals surface area contributed by atoms with Crippen molar-refractivity contribution in [2.75, 3.05) is 26.9 Å². The molecule has 0 bridgehead atoms. The molecule has 1 aromatic rings. The van der Waals surface area contributed by atoms with Gasteiger partial charge in [-0.05, 0) is 122 Å². The average molecular weight is 828 g/mol. The van der Waals surface area contributed by atoms with Gasteiger partial charge in [-0.15, -0.1) is 0 Å². The first kappa shape index (κ1) is 47.3. The summed E-state index contributed by atoms with van der Waals surface area (Å²) in [5.74, 6) is 0.839. The number of hydrogen-bond donors (Lipinski definition) is 2. The molecular formula is C49H81NO7S. The number of hydrogen-bond acceptors (Lipinski definition) is 7. The molecule has 0 unspecified atom stereocenters. The molecule has 0 spiro atoms. The van der Waals surface area contributed by atoms with Crippen molar-refractivity contribution in [3.8, 4) is 0 Å². The van der Waals surface area contributed by atoms with Crippen LogP contribution in [0.4, 0.5) is 0 Å². The maximum absolute atomic E-state index is 14.5. The van der Waals surface area contributed by atoms with Crippen LogP contribution in [0.15, 0.2) is 40.8 Å². The molecule has 5 rings (SSSR count). The fraction of sp³-hybridized carbons (Fsp3) is 0.816. The van der Waals surface area contributed by atoms with Crippen molar-refractivity contribution in [1.82, 2.24) is 4.72 Å². The molecule has 3 fully saturated rings. The van der Waals surface area contributed by atoms with E-state index >= 15 is 0 Å². The molecule has 1 aromatic carbocycles. The lowest BCUT2D eigenvalue weighted by Gasteiger charge is -2.70. The van der Waals surface area contributed by atoms with Crippen LogP contribution in [-0.2, 0) is 29.0 Å². The number of methoxy groups -OCH3 is 1. The Morgan fingerprint density at radius 2 is 1.62 bits per heavy atom. The van der Waals surface area contributed by atoms with Crippen LogP contribution in [0.2, 0.25) is 0 Å². The molecule has 58 heavy (non-hydrogen) atoms. The van der Waals surface area contributed by atoms with Gasteiger partial charge in [-0.3, -0.25) is 4.79 Å². The number of rotatable bonds is 14. The van der Waals surface area contributed by atoms with E-state index in [1.807, 2.05) is 46.8 Å².